The largest absolute Gasteiger partial charge is 0.487 e. The number of benzene rings is 1. The molecule has 2 aliphatic rings. The minimum Gasteiger partial charge on any atom is -0.487 e. The minimum atomic E-state index is -0.996. The number of nitrogens with one attached hydrogen (secondary N) is 3. The fourth-order valence-electron chi connectivity index (χ4n) is 4.45. The quantitative estimate of drug-likeness (QED) is 0.509. The van der Waals surface area contributed by atoms with Gasteiger partial charge in [-0.2, -0.15) is 0 Å². The van der Waals surface area contributed by atoms with Crippen LogP contribution >= 0.6 is 0 Å². The first kappa shape index (κ1) is 29.4. The Labute approximate surface area is 216 Å². The zero-order valence-electron chi connectivity index (χ0n) is 23.0. The third-order valence-electron chi connectivity index (χ3n) is 6.57. The van der Waals surface area contributed by atoms with Gasteiger partial charge in [-0.1, -0.05) is 60.1 Å². The van der Waals surface area contributed by atoms with Gasteiger partial charge >= 0.3 is 0 Å². The number of hydrogen-bond donors (Lipinski definition) is 3. The van der Waals surface area contributed by atoms with Crippen molar-refractivity contribution in [1.29, 1.82) is 0 Å². The second-order valence-corrected chi connectivity index (χ2v) is 10.7. The zero-order chi connectivity index (χ0) is 27.0. The number of hydrogen-bond acceptors (Lipinski definition) is 5. The smallest absolute Gasteiger partial charge is 0.247 e. The third-order valence-corrected chi connectivity index (χ3v) is 6.57. The Balaban J connectivity index is 2.52. The van der Waals surface area contributed by atoms with Crippen molar-refractivity contribution >= 4 is 23.8 Å². The van der Waals surface area contributed by atoms with Crippen molar-refractivity contribution in [2.45, 2.75) is 78.6 Å². The van der Waals surface area contributed by atoms with Crippen LogP contribution in [0.25, 0.3) is 6.08 Å². The summed E-state index contributed by atoms with van der Waals surface area (Å²) in [7, 11) is 3.72. The SMILES string of the molecule is CC[C@H](C)[C@@H](C(=O)N[C@H]1C(=O)N[C@H](CC(C)C)C(=O)NC=Cc2ccc(cc2)O[C@H]1C(C)C)N(C)C. The Morgan fingerprint density at radius 3 is 2.22 bits per heavy atom. The minimum absolute atomic E-state index is 0.0822. The van der Waals surface area contributed by atoms with Crippen LogP contribution in [0.5, 0.6) is 5.75 Å². The molecule has 0 saturated carbocycles. The van der Waals surface area contributed by atoms with Crippen LogP contribution in [0, 0.1) is 17.8 Å². The molecule has 0 aromatic heterocycles. The van der Waals surface area contributed by atoms with Gasteiger partial charge in [0.15, 0.2) is 0 Å². The number of ether oxygens (including phenoxy) is 1. The Morgan fingerprint density at radius 2 is 1.69 bits per heavy atom. The van der Waals surface area contributed by atoms with Gasteiger partial charge in [0.1, 0.15) is 23.9 Å². The zero-order valence-corrected chi connectivity index (χ0v) is 23.0. The van der Waals surface area contributed by atoms with Gasteiger partial charge < -0.3 is 20.7 Å². The van der Waals surface area contributed by atoms with Crippen LogP contribution in [0.1, 0.15) is 59.9 Å². The monoisotopic (exact) mass is 500 g/mol. The highest BCUT2D eigenvalue weighted by atomic mass is 16.5. The number of rotatable bonds is 8. The second kappa shape index (κ2) is 13.4. The molecule has 2 bridgehead atoms. The lowest BCUT2D eigenvalue weighted by Crippen LogP contribution is -2.62. The highest BCUT2D eigenvalue weighted by Crippen LogP contribution is 2.22. The summed E-state index contributed by atoms with van der Waals surface area (Å²) in [6.07, 6.45) is 3.99. The molecule has 5 atom stereocenters. The molecule has 36 heavy (non-hydrogen) atoms. The predicted octanol–water partition coefficient (Wildman–Crippen LogP) is 3.18. The van der Waals surface area contributed by atoms with Gasteiger partial charge in [0, 0.05) is 6.20 Å². The summed E-state index contributed by atoms with van der Waals surface area (Å²) in [5.41, 5.74) is 0.900. The van der Waals surface area contributed by atoms with E-state index in [2.05, 4.69) is 16.0 Å². The van der Waals surface area contributed by atoms with Gasteiger partial charge in [0.05, 0.1) is 6.04 Å². The van der Waals surface area contributed by atoms with E-state index in [-0.39, 0.29) is 29.6 Å². The van der Waals surface area contributed by atoms with Crippen LogP contribution in [-0.2, 0) is 14.4 Å². The molecule has 2 aliphatic heterocycles. The van der Waals surface area contributed by atoms with Crippen molar-refractivity contribution in [2.24, 2.45) is 17.8 Å². The normalized spacial score (nSPS) is 22.6. The lowest BCUT2D eigenvalue weighted by molar-refractivity contribution is -0.137. The molecule has 0 spiro atoms. The molecule has 200 valence electrons. The fourth-order valence-corrected chi connectivity index (χ4v) is 4.45. The number of nitrogens with zero attached hydrogens (tertiary/aromatic N) is 1. The molecular formula is C28H44N4O4. The summed E-state index contributed by atoms with van der Waals surface area (Å²) in [6.45, 7) is 12.0. The van der Waals surface area contributed by atoms with Crippen molar-refractivity contribution in [1.82, 2.24) is 20.9 Å². The molecule has 8 heteroatoms. The van der Waals surface area contributed by atoms with Crippen LogP contribution in [-0.4, -0.2) is 60.9 Å². The van der Waals surface area contributed by atoms with Gasteiger partial charge in [-0.3, -0.25) is 19.3 Å². The van der Waals surface area contributed by atoms with E-state index in [9.17, 15) is 14.4 Å². The summed E-state index contributed by atoms with van der Waals surface area (Å²) in [5.74, 6) is -0.241. The Morgan fingerprint density at radius 1 is 1.06 bits per heavy atom. The van der Waals surface area contributed by atoms with E-state index in [4.69, 9.17) is 4.74 Å². The lowest BCUT2D eigenvalue weighted by atomic mass is 9.94. The summed E-state index contributed by atoms with van der Waals surface area (Å²) < 4.78 is 6.31. The Bertz CT molecular complexity index is 911. The Hall–Kier alpha value is -2.87. The molecule has 0 saturated heterocycles. The van der Waals surface area contributed by atoms with Crippen molar-refractivity contribution in [3.05, 3.63) is 36.0 Å². The molecule has 0 aliphatic carbocycles. The van der Waals surface area contributed by atoms with E-state index in [0.717, 1.165) is 12.0 Å². The standard InChI is InChI=1S/C28H44N4O4/c1-9-19(6)24(32(7)8)28(35)31-23-25(18(4)5)36-21-12-10-20(11-13-21)14-15-29-26(33)22(16-17(2)3)30-27(23)34/h10-15,17-19,22-25H,9,16H2,1-8H3,(H,29,33)(H,30,34)(H,31,35)/t19-,22+,23+,24-,25-/m0/s1. The Kier molecular flexibility index (Phi) is 11.0. The van der Waals surface area contributed by atoms with E-state index < -0.39 is 30.1 Å². The molecule has 3 amide bonds. The van der Waals surface area contributed by atoms with Crippen LogP contribution in [0.4, 0.5) is 0 Å². The van der Waals surface area contributed by atoms with Gasteiger partial charge in [-0.05, 0) is 62.0 Å². The molecule has 3 rings (SSSR count). The first-order valence-corrected chi connectivity index (χ1v) is 12.9. The van der Waals surface area contributed by atoms with Crippen LogP contribution < -0.4 is 20.7 Å². The van der Waals surface area contributed by atoms with Gasteiger partial charge in [0.25, 0.3) is 0 Å². The summed E-state index contributed by atoms with van der Waals surface area (Å²) in [4.78, 5) is 42.1. The van der Waals surface area contributed by atoms with Crippen molar-refractivity contribution in [3.63, 3.8) is 0 Å². The number of amides is 3. The molecule has 0 radical (unpaired) electrons. The van der Waals surface area contributed by atoms with Crippen LogP contribution in [0.2, 0.25) is 0 Å². The fraction of sp³-hybridized carbons (Fsp3) is 0.607. The van der Waals surface area contributed by atoms with Crippen molar-refractivity contribution in [3.8, 4) is 5.75 Å². The van der Waals surface area contributed by atoms with Crippen molar-refractivity contribution in [2.75, 3.05) is 14.1 Å². The average molecular weight is 501 g/mol. The number of likely N-dealkylation sites (N-methyl/N-ethyl adjacent to an activating group) is 1. The summed E-state index contributed by atoms with van der Waals surface area (Å²) in [6, 6.07) is 5.24. The number of carbonyl (C=O) groups is 3. The average Bonchev–Trinajstić information content (AvgIpc) is 2.80. The van der Waals surface area contributed by atoms with E-state index >= 15 is 0 Å². The maximum Gasteiger partial charge on any atom is 0.247 e. The predicted molar refractivity (Wildman–Crippen MR) is 143 cm³/mol. The molecule has 1 aromatic rings. The second-order valence-electron chi connectivity index (χ2n) is 10.7. The van der Waals surface area contributed by atoms with Crippen LogP contribution in [0.3, 0.4) is 0 Å². The molecule has 0 unspecified atom stereocenters. The van der Waals surface area contributed by atoms with E-state index in [1.165, 1.54) is 0 Å². The summed E-state index contributed by atoms with van der Waals surface area (Å²) in [5, 5.41) is 8.68. The molecule has 8 nitrogen and oxygen atoms in total. The number of carbonyl (C=O) groups excluding carboxylic acids is 3. The molecule has 3 N–H and O–H groups in total. The third kappa shape index (κ3) is 8.08. The van der Waals surface area contributed by atoms with Crippen LogP contribution in [0.15, 0.2) is 30.5 Å². The summed E-state index contributed by atoms with van der Waals surface area (Å²) >= 11 is 0. The van der Waals surface area contributed by atoms with Gasteiger partial charge in [-0.25, -0.2) is 0 Å². The van der Waals surface area contributed by atoms with Gasteiger partial charge in [-0.15, -0.1) is 0 Å². The van der Waals surface area contributed by atoms with Crippen molar-refractivity contribution < 1.29 is 19.1 Å². The van der Waals surface area contributed by atoms with E-state index in [1.807, 2.05) is 84.8 Å². The molecule has 0 fully saturated rings. The molecule has 1 aromatic carbocycles. The topological polar surface area (TPSA) is 99.8 Å². The van der Waals surface area contributed by atoms with E-state index in [0.29, 0.717) is 12.2 Å². The maximum atomic E-state index is 13.7. The lowest BCUT2D eigenvalue weighted by Gasteiger charge is -2.35. The highest BCUT2D eigenvalue weighted by molar-refractivity contribution is 5.94. The maximum absolute atomic E-state index is 13.7. The molecular weight excluding hydrogens is 456 g/mol. The highest BCUT2D eigenvalue weighted by Gasteiger charge is 2.38. The van der Waals surface area contributed by atoms with E-state index in [1.54, 1.807) is 12.3 Å². The number of fused-ring (bicyclic) bond motifs is 10. The molecule has 2 heterocycles. The van der Waals surface area contributed by atoms with Gasteiger partial charge in [0.2, 0.25) is 17.7 Å². The first-order valence-electron chi connectivity index (χ1n) is 12.9. The first-order chi connectivity index (χ1) is 16.9.